The van der Waals surface area contributed by atoms with Crippen molar-refractivity contribution >= 4 is 0 Å². The van der Waals surface area contributed by atoms with E-state index in [-0.39, 0.29) is 0 Å². The molecule has 0 aromatic carbocycles. The molecule has 1 aromatic heterocycles. The van der Waals surface area contributed by atoms with Crippen molar-refractivity contribution in [3.8, 4) is 5.75 Å². The Morgan fingerprint density at radius 1 is 1.56 bits per heavy atom. The summed E-state index contributed by atoms with van der Waals surface area (Å²) in [4.78, 5) is 0. The zero-order valence-electron chi connectivity index (χ0n) is 11.6. The molecule has 0 bridgehead atoms. The van der Waals surface area contributed by atoms with Crippen molar-refractivity contribution in [2.45, 2.75) is 58.1 Å². The number of methoxy groups -OCH3 is 1. The fraction of sp³-hybridized carbons (Fsp3) is 0.786. The number of nitrogens with zero attached hydrogens (tertiary/aromatic N) is 2. The van der Waals surface area contributed by atoms with E-state index in [4.69, 9.17) is 4.74 Å². The molecule has 18 heavy (non-hydrogen) atoms. The van der Waals surface area contributed by atoms with Crippen LogP contribution in [0, 0.1) is 5.92 Å². The average Bonchev–Trinajstić information content (AvgIpc) is 2.68. The third-order valence-corrected chi connectivity index (χ3v) is 3.88. The Kier molecular flexibility index (Phi) is 3.95. The molecule has 0 amide bonds. The van der Waals surface area contributed by atoms with Crippen molar-refractivity contribution in [1.29, 1.82) is 0 Å². The van der Waals surface area contributed by atoms with E-state index in [2.05, 4.69) is 12.0 Å². The molecule has 4 nitrogen and oxygen atoms in total. The molecule has 0 aliphatic heterocycles. The van der Waals surface area contributed by atoms with Gasteiger partial charge in [0.25, 0.3) is 0 Å². The predicted molar refractivity (Wildman–Crippen MR) is 70.6 cm³/mol. The van der Waals surface area contributed by atoms with Gasteiger partial charge >= 0.3 is 0 Å². The first-order valence-corrected chi connectivity index (χ1v) is 6.91. The number of aliphatic hydroxyl groups is 1. The molecule has 4 heteroatoms. The monoisotopic (exact) mass is 252 g/mol. The Labute approximate surface area is 109 Å². The summed E-state index contributed by atoms with van der Waals surface area (Å²) in [5, 5.41) is 15.1. The molecule has 0 spiro atoms. The molecular weight excluding hydrogens is 228 g/mol. The van der Waals surface area contributed by atoms with Gasteiger partial charge in [0.05, 0.1) is 13.3 Å². The van der Waals surface area contributed by atoms with E-state index >= 15 is 0 Å². The summed E-state index contributed by atoms with van der Waals surface area (Å²) in [6, 6.07) is 0. The first kappa shape index (κ1) is 13.4. The van der Waals surface area contributed by atoms with E-state index in [1.165, 1.54) is 19.3 Å². The second kappa shape index (κ2) is 5.31. The Morgan fingerprint density at radius 2 is 2.28 bits per heavy atom. The van der Waals surface area contributed by atoms with Crippen molar-refractivity contribution in [2.75, 3.05) is 7.11 Å². The molecule has 0 saturated heterocycles. The summed E-state index contributed by atoms with van der Waals surface area (Å²) >= 11 is 0. The van der Waals surface area contributed by atoms with Crippen molar-refractivity contribution in [3.63, 3.8) is 0 Å². The van der Waals surface area contributed by atoms with E-state index < -0.39 is 5.60 Å². The molecular formula is C14H24N2O2. The summed E-state index contributed by atoms with van der Waals surface area (Å²) in [5.41, 5.74) is -0.0130. The Balaban J connectivity index is 2.24. The maximum absolute atomic E-state index is 10.8. The minimum absolute atomic E-state index is 0.648. The van der Waals surface area contributed by atoms with Gasteiger partial charge in [-0.25, -0.2) is 0 Å². The number of rotatable bonds is 6. The first-order chi connectivity index (χ1) is 8.58. The minimum Gasteiger partial charge on any atom is -0.493 e. The highest BCUT2D eigenvalue weighted by Crippen LogP contribution is 2.40. The van der Waals surface area contributed by atoms with Crippen LogP contribution >= 0.6 is 0 Å². The summed E-state index contributed by atoms with van der Waals surface area (Å²) in [5.74, 6) is 1.35. The summed E-state index contributed by atoms with van der Waals surface area (Å²) in [6.07, 6.45) is 7.28. The van der Waals surface area contributed by atoms with Gasteiger partial charge in [-0.3, -0.25) is 4.68 Å². The topological polar surface area (TPSA) is 47.3 Å². The minimum atomic E-state index is -0.845. The zero-order valence-corrected chi connectivity index (χ0v) is 11.6. The van der Waals surface area contributed by atoms with Crippen molar-refractivity contribution in [2.24, 2.45) is 5.92 Å². The lowest BCUT2D eigenvalue weighted by atomic mass is 9.77. The summed E-state index contributed by atoms with van der Waals surface area (Å²) < 4.78 is 7.23. The maximum Gasteiger partial charge on any atom is 0.162 e. The molecule has 1 atom stereocenters. The van der Waals surface area contributed by atoms with E-state index in [0.717, 1.165) is 25.1 Å². The molecule has 1 heterocycles. The van der Waals surface area contributed by atoms with Crippen LogP contribution in [-0.2, 0) is 12.1 Å². The lowest BCUT2D eigenvalue weighted by molar-refractivity contribution is 0.00618. The molecule has 2 rings (SSSR count). The smallest absolute Gasteiger partial charge is 0.162 e. The molecule has 1 fully saturated rings. The highest BCUT2D eigenvalue weighted by molar-refractivity contribution is 5.30. The normalized spacial score (nSPS) is 19.3. The predicted octanol–water partition coefficient (Wildman–Crippen LogP) is 2.70. The van der Waals surface area contributed by atoms with Crippen LogP contribution < -0.4 is 4.74 Å². The van der Waals surface area contributed by atoms with Gasteiger partial charge in [0.1, 0.15) is 11.3 Å². The van der Waals surface area contributed by atoms with E-state index in [1.54, 1.807) is 13.3 Å². The van der Waals surface area contributed by atoms with Crippen molar-refractivity contribution in [3.05, 3.63) is 11.9 Å². The van der Waals surface area contributed by atoms with E-state index in [1.807, 2.05) is 11.6 Å². The van der Waals surface area contributed by atoms with Crippen LogP contribution in [0.25, 0.3) is 0 Å². The molecule has 1 aromatic rings. The number of aromatic nitrogens is 2. The number of ether oxygens (including phenoxy) is 1. The van der Waals surface area contributed by atoms with Crippen LogP contribution in [0.3, 0.4) is 0 Å². The van der Waals surface area contributed by atoms with Crippen LogP contribution in [0.2, 0.25) is 0 Å². The van der Waals surface area contributed by atoms with Crippen LogP contribution in [-0.4, -0.2) is 22.0 Å². The second-order valence-electron chi connectivity index (χ2n) is 5.56. The molecule has 0 radical (unpaired) electrons. The Bertz CT molecular complexity index is 394. The largest absolute Gasteiger partial charge is 0.493 e. The number of hydrogen-bond acceptors (Lipinski definition) is 3. The fourth-order valence-corrected chi connectivity index (χ4v) is 2.80. The van der Waals surface area contributed by atoms with Gasteiger partial charge in [0.15, 0.2) is 5.75 Å². The standard InChI is InChI=1S/C14H24N2O2/c1-4-8-16-13(12(18-3)10-15-16)14(2,17)9-11-6-5-7-11/h10-11,17H,4-9H2,1-3H3. The molecule has 1 aliphatic rings. The highest BCUT2D eigenvalue weighted by Gasteiger charge is 2.35. The van der Waals surface area contributed by atoms with Crippen LogP contribution in [0.4, 0.5) is 0 Å². The number of aryl methyl sites for hydroxylation is 1. The summed E-state index contributed by atoms with van der Waals surface area (Å²) in [6.45, 7) is 4.81. The second-order valence-corrected chi connectivity index (χ2v) is 5.56. The molecule has 1 saturated carbocycles. The highest BCUT2D eigenvalue weighted by atomic mass is 16.5. The first-order valence-electron chi connectivity index (χ1n) is 6.91. The Morgan fingerprint density at radius 3 is 2.78 bits per heavy atom. The molecule has 1 unspecified atom stereocenters. The van der Waals surface area contributed by atoms with Gasteiger partial charge in [-0.15, -0.1) is 0 Å². The van der Waals surface area contributed by atoms with Crippen molar-refractivity contribution in [1.82, 2.24) is 9.78 Å². The van der Waals surface area contributed by atoms with E-state index in [9.17, 15) is 5.11 Å². The van der Waals surface area contributed by atoms with Crippen molar-refractivity contribution < 1.29 is 9.84 Å². The van der Waals surface area contributed by atoms with Gasteiger partial charge < -0.3 is 9.84 Å². The fourth-order valence-electron chi connectivity index (χ4n) is 2.80. The third kappa shape index (κ3) is 2.53. The molecule has 1 aliphatic carbocycles. The molecule has 102 valence electrons. The van der Waals surface area contributed by atoms with Crippen LogP contribution in [0.1, 0.15) is 51.6 Å². The van der Waals surface area contributed by atoms with Gasteiger partial charge in [-0.2, -0.15) is 5.10 Å². The maximum atomic E-state index is 10.8. The quantitative estimate of drug-likeness (QED) is 0.846. The lowest BCUT2D eigenvalue weighted by Crippen LogP contribution is -2.31. The lowest BCUT2D eigenvalue weighted by Gasteiger charge is -2.34. The van der Waals surface area contributed by atoms with Crippen LogP contribution in [0.15, 0.2) is 6.20 Å². The summed E-state index contributed by atoms with van der Waals surface area (Å²) in [7, 11) is 1.64. The van der Waals surface area contributed by atoms with Gasteiger partial charge in [-0.1, -0.05) is 26.2 Å². The molecule has 1 N–H and O–H groups in total. The number of hydrogen-bond donors (Lipinski definition) is 1. The van der Waals surface area contributed by atoms with Gasteiger partial charge in [0, 0.05) is 6.54 Å². The third-order valence-electron chi connectivity index (χ3n) is 3.88. The van der Waals surface area contributed by atoms with E-state index in [0.29, 0.717) is 11.7 Å². The zero-order chi connectivity index (χ0) is 13.2. The Hall–Kier alpha value is -1.03. The van der Waals surface area contributed by atoms with Gasteiger partial charge in [-0.05, 0) is 25.7 Å². The SMILES string of the molecule is CCCn1ncc(OC)c1C(C)(O)CC1CCC1. The van der Waals surface area contributed by atoms with Gasteiger partial charge in [0.2, 0.25) is 0 Å². The average molecular weight is 252 g/mol. The van der Waals surface area contributed by atoms with Crippen LogP contribution in [0.5, 0.6) is 5.75 Å².